The summed E-state index contributed by atoms with van der Waals surface area (Å²) < 4.78 is 0. The lowest BCUT2D eigenvalue weighted by Gasteiger charge is -2.35. The van der Waals surface area contributed by atoms with Crippen molar-refractivity contribution in [2.45, 2.75) is 19.0 Å². The lowest BCUT2D eigenvalue weighted by atomic mass is 9.92. The first-order valence-corrected chi connectivity index (χ1v) is 10.6. The lowest BCUT2D eigenvalue weighted by Crippen LogP contribution is -2.51. The van der Waals surface area contributed by atoms with E-state index < -0.39 is 17.5 Å². The van der Waals surface area contributed by atoms with Crippen LogP contribution in [0.4, 0.5) is 4.79 Å². The van der Waals surface area contributed by atoms with Crippen molar-refractivity contribution in [3.63, 3.8) is 0 Å². The second kappa shape index (κ2) is 7.96. The number of thiophene rings is 1. The molecule has 0 bridgehead atoms. The summed E-state index contributed by atoms with van der Waals surface area (Å²) in [6.07, 6.45) is 0. The number of carbonyl (C=O) groups is 3. The van der Waals surface area contributed by atoms with Gasteiger partial charge in [-0.1, -0.05) is 36.4 Å². The van der Waals surface area contributed by atoms with Crippen LogP contribution in [0.25, 0.3) is 0 Å². The van der Waals surface area contributed by atoms with Gasteiger partial charge in [0.05, 0.1) is 0 Å². The van der Waals surface area contributed by atoms with Gasteiger partial charge in [-0.15, -0.1) is 11.3 Å². The van der Waals surface area contributed by atoms with Crippen molar-refractivity contribution in [2.24, 2.45) is 0 Å². The summed E-state index contributed by atoms with van der Waals surface area (Å²) in [4.78, 5) is 44.5. The molecule has 0 spiro atoms. The molecule has 1 atom stereocenters. The van der Waals surface area contributed by atoms with Crippen molar-refractivity contribution >= 4 is 29.2 Å². The summed E-state index contributed by atoms with van der Waals surface area (Å²) in [5.74, 6) is -0.583. The number of hydrogen-bond donors (Lipinski definition) is 1. The van der Waals surface area contributed by atoms with Gasteiger partial charge in [0.2, 0.25) is 5.91 Å². The molecule has 152 valence electrons. The van der Waals surface area contributed by atoms with Crippen LogP contribution >= 0.6 is 11.3 Å². The maximum atomic E-state index is 13.0. The largest absolute Gasteiger partial charge is 0.339 e. The first kappa shape index (κ1) is 19.6. The number of nitrogens with one attached hydrogen (secondary N) is 1. The Labute approximate surface area is 173 Å². The molecule has 1 aromatic heterocycles. The minimum Gasteiger partial charge on any atom is -0.339 e. The molecule has 2 fully saturated rings. The van der Waals surface area contributed by atoms with E-state index in [9.17, 15) is 14.4 Å². The SMILES string of the molecule is CC1(c2ccccc2)NC(=O)N(CC(=O)N2CCN(Cc3cccs3)CC2)C1=O. The first-order valence-electron chi connectivity index (χ1n) is 9.69. The molecule has 2 aliphatic heterocycles. The van der Waals surface area contributed by atoms with E-state index >= 15 is 0 Å². The molecule has 2 aliphatic rings. The first-order chi connectivity index (χ1) is 14.0. The van der Waals surface area contributed by atoms with E-state index in [1.165, 1.54) is 4.88 Å². The van der Waals surface area contributed by atoms with E-state index in [4.69, 9.17) is 0 Å². The minimum absolute atomic E-state index is 0.193. The molecule has 7 nitrogen and oxygen atoms in total. The van der Waals surface area contributed by atoms with Crippen LogP contribution in [0, 0.1) is 0 Å². The highest BCUT2D eigenvalue weighted by Gasteiger charge is 2.49. The zero-order chi connectivity index (χ0) is 20.4. The Bertz CT molecular complexity index is 894. The fourth-order valence-electron chi connectivity index (χ4n) is 3.82. The zero-order valence-electron chi connectivity index (χ0n) is 16.3. The quantitative estimate of drug-likeness (QED) is 0.761. The highest BCUT2D eigenvalue weighted by Crippen LogP contribution is 2.28. The second-order valence-electron chi connectivity index (χ2n) is 7.55. The number of amides is 4. The van der Waals surface area contributed by atoms with Gasteiger partial charge < -0.3 is 10.2 Å². The van der Waals surface area contributed by atoms with Gasteiger partial charge in [0.1, 0.15) is 12.1 Å². The van der Waals surface area contributed by atoms with Gasteiger partial charge in [0.25, 0.3) is 5.91 Å². The molecular formula is C21H24N4O3S. The van der Waals surface area contributed by atoms with Gasteiger partial charge >= 0.3 is 6.03 Å². The highest BCUT2D eigenvalue weighted by molar-refractivity contribution is 7.09. The number of piperazine rings is 1. The minimum atomic E-state index is -1.14. The number of hydrogen-bond acceptors (Lipinski definition) is 5. The highest BCUT2D eigenvalue weighted by atomic mass is 32.1. The number of urea groups is 1. The molecule has 1 unspecified atom stereocenters. The average molecular weight is 413 g/mol. The summed E-state index contributed by atoms with van der Waals surface area (Å²) in [6.45, 7) is 5.11. The predicted octanol–water partition coefficient (Wildman–Crippen LogP) is 1.86. The number of carbonyl (C=O) groups excluding carboxylic acids is 3. The van der Waals surface area contributed by atoms with E-state index in [0.717, 1.165) is 24.5 Å². The third-order valence-corrected chi connectivity index (χ3v) is 6.47. The number of benzene rings is 1. The molecule has 1 N–H and O–H groups in total. The number of nitrogens with zero attached hydrogens (tertiary/aromatic N) is 3. The van der Waals surface area contributed by atoms with Crippen LogP contribution in [0.5, 0.6) is 0 Å². The topological polar surface area (TPSA) is 73.0 Å². The van der Waals surface area contributed by atoms with Gasteiger partial charge in [-0.2, -0.15) is 0 Å². The van der Waals surface area contributed by atoms with Crippen LogP contribution in [-0.2, 0) is 21.7 Å². The molecule has 3 heterocycles. The Balaban J connectivity index is 1.35. The normalized spacial score (nSPS) is 22.8. The van der Waals surface area contributed by atoms with Crippen molar-refractivity contribution in [3.8, 4) is 0 Å². The van der Waals surface area contributed by atoms with Crippen LogP contribution < -0.4 is 5.32 Å². The summed E-state index contributed by atoms with van der Waals surface area (Å²) in [5, 5.41) is 4.81. The van der Waals surface area contributed by atoms with Crippen LogP contribution in [-0.4, -0.2) is 65.3 Å². The molecule has 8 heteroatoms. The van der Waals surface area contributed by atoms with Crippen molar-refractivity contribution in [1.82, 2.24) is 20.0 Å². The van der Waals surface area contributed by atoms with Crippen molar-refractivity contribution in [3.05, 3.63) is 58.3 Å². The van der Waals surface area contributed by atoms with Gasteiger partial charge in [0.15, 0.2) is 0 Å². The molecule has 0 saturated carbocycles. The Hall–Kier alpha value is -2.71. The van der Waals surface area contributed by atoms with Crippen molar-refractivity contribution < 1.29 is 14.4 Å². The summed E-state index contributed by atoms with van der Waals surface area (Å²) >= 11 is 1.73. The fraction of sp³-hybridized carbons (Fsp3) is 0.381. The van der Waals surface area contributed by atoms with Gasteiger partial charge in [-0.25, -0.2) is 4.79 Å². The molecule has 0 aliphatic carbocycles. The average Bonchev–Trinajstić information content (AvgIpc) is 3.32. The maximum absolute atomic E-state index is 13.0. The van der Waals surface area contributed by atoms with Crippen LogP contribution in [0.15, 0.2) is 47.8 Å². The third-order valence-electron chi connectivity index (χ3n) is 5.60. The molecule has 1 aromatic carbocycles. The van der Waals surface area contributed by atoms with Gasteiger partial charge in [0, 0.05) is 37.6 Å². The maximum Gasteiger partial charge on any atom is 0.325 e. The molecule has 29 heavy (non-hydrogen) atoms. The van der Waals surface area contributed by atoms with E-state index in [-0.39, 0.29) is 12.5 Å². The Morgan fingerprint density at radius 2 is 1.79 bits per heavy atom. The monoisotopic (exact) mass is 412 g/mol. The van der Waals surface area contributed by atoms with Gasteiger partial charge in [-0.3, -0.25) is 19.4 Å². The number of rotatable bonds is 5. The van der Waals surface area contributed by atoms with Gasteiger partial charge in [-0.05, 0) is 23.9 Å². The van der Waals surface area contributed by atoms with E-state index in [0.29, 0.717) is 18.7 Å². The lowest BCUT2D eigenvalue weighted by molar-refractivity contribution is -0.139. The van der Waals surface area contributed by atoms with Crippen molar-refractivity contribution in [2.75, 3.05) is 32.7 Å². The Morgan fingerprint density at radius 1 is 1.07 bits per heavy atom. The summed E-state index contributed by atoms with van der Waals surface area (Å²) in [7, 11) is 0. The third kappa shape index (κ3) is 3.90. The van der Waals surface area contributed by atoms with E-state index in [2.05, 4.69) is 21.7 Å². The van der Waals surface area contributed by atoms with Crippen LogP contribution in [0.1, 0.15) is 17.4 Å². The Kier molecular flexibility index (Phi) is 5.38. The Morgan fingerprint density at radius 3 is 2.45 bits per heavy atom. The molecule has 0 radical (unpaired) electrons. The molecular weight excluding hydrogens is 388 g/mol. The standard InChI is InChI=1S/C21H24N4O3S/c1-21(16-6-3-2-4-7-16)19(27)25(20(28)22-21)15-18(26)24-11-9-23(10-12-24)14-17-8-5-13-29-17/h2-8,13H,9-12,14-15H2,1H3,(H,22,28). The number of imide groups is 1. The molecule has 4 amide bonds. The summed E-state index contributed by atoms with van der Waals surface area (Å²) in [6, 6.07) is 12.7. The van der Waals surface area contributed by atoms with E-state index in [1.54, 1.807) is 35.3 Å². The van der Waals surface area contributed by atoms with Crippen LogP contribution in [0.3, 0.4) is 0 Å². The van der Waals surface area contributed by atoms with Crippen molar-refractivity contribution in [1.29, 1.82) is 0 Å². The predicted molar refractivity (Wildman–Crippen MR) is 110 cm³/mol. The molecule has 2 aromatic rings. The zero-order valence-corrected chi connectivity index (χ0v) is 17.2. The van der Waals surface area contributed by atoms with E-state index in [1.807, 2.05) is 24.3 Å². The van der Waals surface area contributed by atoms with Crippen LogP contribution in [0.2, 0.25) is 0 Å². The summed E-state index contributed by atoms with van der Waals surface area (Å²) in [5.41, 5.74) is -0.437. The smallest absolute Gasteiger partial charge is 0.325 e. The second-order valence-corrected chi connectivity index (χ2v) is 8.58. The molecule has 4 rings (SSSR count). The molecule has 2 saturated heterocycles. The fourth-order valence-corrected chi connectivity index (χ4v) is 4.57.